The van der Waals surface area contributed by atoms with Crippen LogP contribution in [0.4, 0.5) is 15.8 Å². The standard InChI is InChI=1S/C25H24FN3O2/c1-17(25(31)29-16-15-18-7-5-6-10-22(18)29)27-23(19-8-3-2-4-9-19)24(30)28-21-13-11-20(26)12-14-21/h2-14,17,23,27H,15-16H2,1H3,(H,28,30). The summed E-state index contributed by atoms with van der Waals surface area (Å²) in [5.41, 5.74) is 3.30. The normalized spacial score (nSPS) is 14.6. The molecule has 0 bridgehead atoms. The zero-order valence-electron chi connectivity index (χ0n) is 17.2. The molecule has 6 heteroatoms. The van der Waals surface area contributed by atoms with Gasteiger partial charge in [0.2, 0.25) is 11.8 Å². The van der Waals surface area contributed by atoms with Gasteiger partial charge in [-0.05, 0) is 54.8 Å². The minimum absolute atomic E-state index is 0.0829. The van der Waals surface area contributed by atoms with Crippen LogP contribution in [0.3, 0.4) is 0 Å². The molecule has 0 radical (unpaired) electrons. The lowest BCUT2D eigenvalue weighted by molar-refractivity contribution is -0.121. The number of halogens is 1. The molecule has 31 heavy (non-hydrogen) atoms. The van der Waals surface area contributed by atoms with Crippen molar-refractivity contribution in [1.82, 2.24) is 5.32 Å². The Balaban J connectivity index is 1.52. The molecule has 0 aliphatic carbocycles. The summed E-state index contributed by atoms with van der Waals surface area (Å²) in [4.78, 5) is 28.0. The van der Waals surface area contributed by atoms with Crippen LogP contribution >= 0.6 is 0 Å². The Bertz CT molecular complexity index is 1070. The smallest absolute Gasteiger partial charge is 0.246 e. The van der Waals surface area contributed by atoms with Crippen LogP contribution in [0, 0.1) is 5.82 Å². The predicted molar refractivity (Wildman–Crippen MR) is 119 cm³/mol. The van der Waals surface area contributed by atoms with E-state index in [1.807, 2.05) is 54.6 Å². The number of rotatable bonds is 6. The van der Waals surface area contributed by atoms with Crippen LogP contribution in [-0.4, -0.2) is 24.4 Å². The summed E-state index contributed by atoms with van der Waals surface area (Å²) in [7, 11) is 0. The van der Waals surface area contributed by atoms with Crippen molar-refractivity contribution in [3.05, 3.63) is 95.8 Å². The molecule has 2 amide bonds. The lowest BCUT2D eigenvalue weighted by atomic mass is 10.0. The van der Waals surface area contributed by atoms with Gasteiger partial charge < -0.3 is 10.2 Å². The topological polar surface area (TPSA) is 61.4 Å². The first-order chi connectivity index (χ1) is 15.0. The zero-order valence-corrected chi connectivity index (χ0v) is 17.2. The van der Waals surface area contributed by atoms with Gasteiger partial charge in [0.25, 0.3) is 0 Å². The molecule has 0 saturated heterocycles. The van der Waals surface area contributed by atoms with E-state index in [4.69, 9.17) is 0 Å². The summed E-state index contributed by atoms with van der Waals surface area (Å²) in [6.45, 7) is 2.40. The third-order valence-corrected chi connectivity index (χ3v) is 5.45. The molecule has 5 nitrogen and oxygen atoms in total. The van der Waals surface area contributed by atoms with Crippen molar-refractivity contribution in [2.24, 2.45) is 0 Å². The summed E-state index contributed by atoms with van der Waals surface area (Å²) >= 11 is 0. The first kappa shape index (κ1) is 20.8. The van der Waals surface area contributed by atoms with Gasteiger partial charge in [0.15, 0.2) is 0 Å². The van der Waals surface area contributed by atoms with Crippen molar-refractivity contribution in [2.45, 2.75) is 25.4 Å². The van der Waals surface area contributed by atoms with Crippen molar-refractivity contribution in [2.75, 3.05) is 16.8 Å². The van der Waals surface area contributed by atoms with Gasteiger partial charge >= 0.3 is 0 Å². The highest BCUT2D eigenvalue weighted by atomic mass is 19.1. The Labute approximate surface area is 180 Å². The van der Waals surface area contributed by atoms with Gasteiger partial charge in [-0.3, -0.25) is 14.9 Å². The minimum atomic E-state index is -0.747. The molecule has 0 aromatic heterocycles. The third-order valence-electron chi connectivity index (χ3n) is 5.45. The Morgan fingerprint density at radius 1 is 0.935 bits per heavy atom. The number of nitrogens with zero attached hydrogens (tertiary/aromatic N) is 1. The van der Waals surface area contributed by atoms with E-state index in [2.05, 4.69) is 10.6 Å². The molecular weight excluding hydrogens is 393 g/mol. The summed E-state index contributed by atoms with van der Waals surface area (Å²) in [6.07, 6.45) is 0.821. The van der Waals surface area contributed by atoms with Crippen LogP contribution in [0.1, 0.15) is 24.1 Å². The third kappa shape index (κ3) is 4.64. The van der Waals surface area contributed by atoms with E-state index >= 15 is 0 Å². The van der Waals surface area contributed by atoms with Gasteiger partial charge in [0.1, 0.15) is 11.9 Å². The Morgan fingerprint density at radius 2 is 1.61 bits per heavy atom. The van der Waals surface area contributed by atoms with Crippen LogP contribution in [0.5, 0.6) is 0 Å². The van der Waals surface area contributed by atoms with E-state index in [0.717, 1.165) is 23.2 Å². The molecule has 2 N–H and O–H groups in total. The number of carbonyl (C=O) groups excluding carboxylic acids is 2. The number of fused-ring (bicyclic) bond motifs is 1. The molecule has 1 heterocycles. The summed E-state index contributed by atoms with van der Waals surface area (Å²) in [6, 6.07) is 21.4. The maximum Gasteiger partial charge on any atom is 0.246 e. The molecular formula is C25H24FN3O2. The SMILES string of the molecule is CC(NC(C(=O)Nc1ccc(F)cc1)c1ccccc1)C(=O)N1CCc2ccccc21. The number of hydrogen-bond acceptors (Lipinski definition) is 3. The number of anilines is 2. The fourth-order valence-corrected chi connectivity index (χ4v) is 3.84. The lowest BCUT2D eigenvalue weighted by Crippen LogP contribution is -2.48. The van der Waals surface area contributed by atoms with Crippen molar-refractivity contribution < 1.29 is 14.0 Å². The average Bonchev–Trinajstić information content (AvgIpc) is 3.23. The lowest BCUT2D eigenvalue weighted by Gasteiger charge is -2.26. The largest absolute Gasteiger partial charge is 0.324 e. The Hall–Kier alpha value is -3.51. The van der Waals surface area contributed by atoms with E-state index in [1.54, 1.807) is 11.8 Å². The second-order valence-electron chi connectivity index (χ2n) is 7.60. The van der Waals surface area contributed by atoms with Gasteiger partial charge in [-0.1, -0.05) is 48.5 Å². The van der Waals surface area contributed by atoms with E-state index in [0.29, 0.717) is 12.2 Å². The van der Waals surface area contributed by atoms with Crippen molar-refractivity contribution in [3.8, 4) is 0 Å². The highest BCUT2D eigenvalue weighted by Crippen LogP contribution is 2.28. The summed E-state index contributed by atoms with van der Waals surface area (Å²) in [5, 5.41) is 6.00. The monoisotopic (exact) mass is 417 g/mol. The average molecular weight is 417 g/mol. The molecule has 2 unspecified atom stereocenters. The summed E-state index contributed by atoms with van der Waals surface area (Å²) in [5.74, 6) is -0.777. The number of amides is 2. The number of carbonyl (C=O) groups is 2. The summed E-state index contributed by atoms with van der Waals surface area (Å²) < 4.78 is 13.2. The molecule has 4 rings (SSSR count). The maximum absolute atomic E-state index is 13.2. The van der Waals surface area contributed by atoms with Crippen molar-refractivity contribution in [3.63, 3.8) is 0 Å². The van der Waals surface area contributed by atoms with Gasteiger partial charge in [-0.2, -0.15) is 0 Å². The van der Waals surface area contributed by atoms with Crippen molar-refractivity contribution >= 4 is 23.2 Å². The molecule has 0 spiro atoms. The van der Waals surface area contributed by atoms with Gasteiger partial charge in [0, 0.05) is 17.9 Å². The van der Waals surface area contributed by atoms with E-state index < -0.39 is 12.1 Å². The minimum Gasteiger partial charge on any atom is -0.324 e. The molecule has 2 atom stereocenters. The maximum atomic E-state index is 13.2. The number of nitrogens with one attached hydrogen (secondary N) is 2. The predicted octanol–water partition coefficient (Wildman–Crippen LogP) is 4.07. The number of para-hydroxylation sites is 1. The molecule has 1 aliphatic rings. The second-order valence-corrected chi connectivity index (χ2v) is 7.60. The highest BCUT2D eigenvalue weighted by molar-refractivity contribution is 6.00. The van der Waals surface area contributed by atoms with E-state index in [1.165, 1.54) is 24.3 Å². The first-order valence-electron chi connectivity index (χ1n) is 10.3. The Kier molecular flexibility index (Phi) is 6.09. The number of benzene rings is 3. The fraction of sp³-hybridized carbons (Fsp3) is 0.200. The van der Waals surface area contributed by atoms with Gasteiger partial charge in [0.05, 0.1) is 6.04 Å². The second kappa shape index (κ2) is 9.10. The number of hydrogen-bond donors (Lipinski definition) is 2. The van der Waals surface area contributed by atoms with E-state index in [-0.39, 0.29) is 17.6 Å². The van der Waals surface area contributed by atoms with E-state index in [9.17, 15) is 14.0 Å². The molecule has 0 fully saturated rings. The van der Waals surface area contributed by atoms with Crippen molar-refractivity contribution in [1.29, 1.82) is 0 Å². The first-order valence-corrected chi connectivity index (χ1v) is 10.3. The van der Waals surface area contributed by atoms with Crippen LogP contribution in [-0.2, 0) is 16.0 Å². The zero-order chi connectivity index (χ0) is 21.8. The van der Waals surface area contributed by atoms with Crippen LogP contribution < -0.4 is 15.5 Å². The van der Waals surface area contributed by atoms with Gasteiger partial charge in [-0.15, -0.1) is 0 Å². The fourth-order valence-electron chi connectivity index (χ4n) is 3.84. The van der Waals surface area contributed by atoms with Crippen LogP contribution in [0.2, 0.25) is 0 Å². The highest BCUT2D eigenvalue weighted by Gasteiger charge is 2.31. The molecule has 158 valence electrons. The molecule has 0 saturated carbocycles. The molecule has 3 aromatic carbocycles. The molecule has 3 aromatic rings. The van der Waals surface area contributed by atoms with Gasteiger partial charge in [-0.25, -0.2) is 4.39 Å². The van der Waals surface area contributed by atoms with Crippen LogP contribution in [0.25, 0.3) is 0 Å². The quantitative estimate of drug-likeness (QED) is 0.636. The Morgan fingerprint density at radius 3 is 2.35 bits per heavy atom. The van der Waals surface area contributed by atoms with Crippen LogP contribution in [0.15, 0.2) is 78.9 Å². The molecule has 1 aliphatic heterocycles.